The lowest BCUT2D eigenvalue weighted by atomic mass is 10.1. The van der Waals surface area contributed by atoms with E-state index in [0.29, 0.717) is 19.3 Å². The number of hydrogen-bond acceptors (Lipinski definition) is 6. The fraction of sp³-hybridized carbons (Fsp3) is 0.667. The average molecular weight is 875 g/mol. The molecule has 0 heterocycles. The maximum atomic E-state index is 12.5. The number of rotatable bonds is 45. The third-order valence-electron chi connectivity index (χ3n) is 10.6. The van der Waals surface area contributed by atoms with E-state index in [-0.39, 0.29) is 31.1 Å². The number of hydrogen-bond donors (Lipinski definition) is 0. The molecule has 0 amide bonds. The van der Waals surface area contributed by atoms with E-state index in [4.69, 9.17) is 14.2 Å². The summed E-state index contributed by atoms with van der Waals surface area (Å²) in [7, 11) is 0. The summed E-state index contributed by atoms with van der Waals surface area (Å²) in [4.78, 5) is 37.4. The standard InChI is InChI=1S/C57H94O6/c1-4-7-10-13-16-17-18-19-20-21-22-23-24-25-26-27-28-29-30-31-32-33-34-35-36-37-38-39-40-41-42-45-47-50-56(59)62-53-54(63-57(60)51-48-44-15-12-9-6-3)52-61-55(58)49-46-43-14-11-8-5-2/h7,10,16-17,19-20,22-23,25-26,28-29,31-32,34-35,54H,4-6,8-9,11-15,18,21,24,27,30,33,36-53H2,1-3H3/b10-7-,17-16-,20-19-,23-22-,26-25-,29-28-,32-31-,35-34-. The smallest absolute Gasteiger partial charge is 0.306 e. The molecule has 6 nitrogen and oxygen atoms in total. The Bertz CT molecular complexity index is 1280. The van der Waals surface area contributed by atoms with Crippen LogP contribution in [0.4, 0.5) is 0 Å². The van der Waals surface area contributed by atoms with Crippen molar-refractivity contribution in [2.45, 2.75) is 232 Å². The highest BCUT2D eigenvalue weighted by molar-refractivity contribution is 5.71. The average Bonchev–Trinajstić information content (AvgIpc) is 3.28. The maximum absolute atomic E-state index is 12.5. The zero-order valence-corrected chi connectivity index (χ0v) is 40.8. The van der Waals surface area contributed by atoms with E-state index in [1.165, 1.54) is 70.6 Å². The second kappa shape index (κ2) is 51.0. The molecule has 0 aromatic rings. The molecule has 6 heteroatoms. The van der Waals surface area contributed by atoms with Crippen LogP contribution in [-0.2, 0) is 28.6 Å². The van der Waals surface area contributed by atoms with Gasteiger partial charge in [0.1, 0.15) is 13.2 Å². The van der Waals surface area contributed by atoms with Crippen molar-refractivity contribution < 1.29 is 28.6 Å². The van der Waals surface area contributed by atoms with Gasteiger partial charge in [0, 0.05) is 19.3 Å². The fourth-order valence-electron chi connectivity index (χ4n) is 6.75. The van der Waals surface area contributed by atoms with Crippen LogP contribution < -0.4 is 0 Å². The summed E-state index contributed by atoms with van der Waals surface area (Å²) in [6, 6.07) is 0. The van der Waals surface area contributed by atoms with Gasteiger partial charge in [-0.2, -0.15) is 0 Å². The van der Waals surface area contributed by atoms with Crippen LogP contribution in [-0.4, -0.2) is 37.2 Å². The summed E-state index contributed by atoms with van der Waals surface area (Å²) in [5.41, 5.74) is 0. The van der Waals surface area contributed by atoms with Crippen LogP contribution in [0.1, 0.15) is 226 Å². The highest BCUT2D eigenvalue weighted by atomic mass is 16.6. The summed E-state index contributed by atoms with van der Waals surface area (Å²) in [6.07, 6.45) is 67.5. The lowest BCUT2D eigenvalue weighted by molar-refractivity contribution is -0.167. The van der Waals surface area contributed by atoms with Crippen LogP contribution in [0.15, 0.2) is 97.2 Å². The van der Waals surface area contributed by atoms with E-state index in [1.54, 1.807) is 0 Å². The van der Waals surface area contributed by atoms with Crippen molar-refractivity contribution in [3.63, 3.8) is 0 Å². The van der Waals surface area contributed by atoms with Gasteiger partial charge in [-0.25, -0.2) is 0 Å². The summed E-state index contributed by atoms with van der Waals surface area (Å²) in [6.45, 7) is 6.37. The Balaban J connectivity index is 3.97. The minimum atomic E-state index is -0.771. The highest BCUT2D eigenvalue weighted by Crippen LogP contribution is 2.13. The molecule has 0 N–H and O–H groups in total. The number of allylic oxidation sites excluding steroid dienone is 16. The van der Waals surface area contributed by atoms with Gasteiger partial charge in [0.2, 0.25) is 0 Å². The molecule has 0 saturated heterocycles. The largest absolute Gasteiger partial charge is 0.462 e. The molecular formula is C57H94O6. The van der Waals surface area contributed by atoms with Gasteiger partial charge in [0.15, 0.2) is 6.10 Å². The second-order valence-corrected chi connectivity index (χ2v) is 16.7. The van der Waals surface area contributed by atoms with E-state index >= 15 is 0 Å². The number of carbonyl (C=O) groups excluding carboxylic acids is 3. The zero-order valence-electron chi connectivity index (χ0n) is 40.8. The summed E-state index contributed by atoms with van der Waals surface area (Å²) in [5.74, 6) is -0.914. The molecule has 0 rings (SSSR count). The molecule has 0 spiro atoms. The van der Waals surface area contributed by atoms with Crippen molar-refractivity contribution >= 4 is 17.9 Å². The van der Waals surface area contributed by atoms with E-state index in [1.807, 2.05) is 0 Å². The predicted octanol–water partition coefficient (Wildman–Crippen LogP) is 17.0. The van der Waals surface area contributed by atoms with Crippen LogP contribution in [0.25, 0.3) is 0 Å². The van der Waals surface area contributed by atoms with Crippen molar-refractivity contribution in [3.8, 4) is 0 Å². The van der Waals surface area contributed by atoms with Crippen molar-refractivity contribution in [3.05, 3.63) is 97.2 Å². The van der Waals surface area contributed by atoms with E-state index in [2.05, 4.69) is 118 Å². The molecule has 358 valence electrons. The van der Waals surface area contributed by atoms with Crippen molar-refractivity contribution in [2.75, 3.05) is 13.2 Å². The fourth-order valence-corrected chi connectivity index (χ4v) is 6.75. The van der Waals surface area contributed by atoms with E-state index in [9.17, 15) is 14.4 Å². The Kier molecular flexibility index (Phi) is 48.0. The molecule has 0 bridgehead atoms. The monoisotopic (exact) mass is 875 g/mol. The van der Waals surface area contributed by atoms with Gasteiger partial charge in [-0.3, -0.25) is 14.4 Å². The van der Waals surface area contributed by atoms with Gasteiger partial charge < -0.3 is 14.2 Å². The normalized spacial score (nSPS) is 12.9. The minimum absolute atomic E-state index is 0.0792. The number of ether oxygens (including phenoxy) is 3. The van der Waals surface area contributed by atoms with Crippen molar-refractivity contribution in [1.29, 1.82) is 0 Å². The Morgan fingerprint density at radius 3 is 0.968 bits per heavy atom. The van der Waals surface area contributed by atoms with Crippen LogP contribution in [0, 0.1) is 0 Å². The summed E-state index contributed by atoms with van der Waals surface area (Å²) < 4.78 is 16.5. The van der Waals surface area contributed by atoms with Gasteiger partial charge in [-0.05, 0) is 83.5 Å². The molecule has 0 fully saturated rings. The molecular weight excluding hydrogens is 781 g/mol. The topological polar surface area (TPSA) is 78.9 Å². The van der Waals surface area contributed by atoms with Gasteiger partial charge in [-0.15, -0.1) is 0 Å². The van der Waals surface area contributed by atoms with Gasteiger partial charge in [0.25, 0.3) is 0 Å². The minimum Gasteiger partial charge on any atom is -0.462 e. The first kappa shape index (κ1) is 59.3. The van der Waals surface area contributed by atoms with Crippen LogP contribution in [0.2, 0.25) is 0 Å². The summed E-state index contributed by atoms with van der Waals surface area (Å²) in [5, 5.41) is 0. The number of esters is 3. The third kappa shape index (κ3) is 49.2. The molecule has 1 unspecified atom stereocenters. The molecule has 63 heavy (non-hydrogen) atoms. The van der Waals surface area contributed by atoms with E-state index < -0.39 is 6.10 Å². The summed E-state index contributed by atoms with van der Waals surface area (Å²) >= 11 is 0. The quantitative estimate of drug-likeness (QED) is 0.0262. The molecule has 0 aromatic carbocycles. The second-order valence-electron chi connectivity index (χ2n) is 16.7. The first-order valence-corrected chi connectivity index (χ1v) is 25.7. The Morgan fingerprint density at radius 2 is 0.619 bits per heavy atom. The molecule has 1 atom stereocenters. The van der Waals surface area contributed by atoms with Crippen molar-refractivity contribution in [1.82, 2.24) is 0 Å². The molecule has 0 aliphatic carbocycles. The van der Waals surface area contributed by atoms with E-state index in [0.717, 1.165) is 116 Å². The van der Waals surface area contributed by atoms with Crippen LogP contribution >= 0.6 is 0 Å². The van der Waals surface area contributed by atoms with Gasteiger partial charge in [0.05, 0.1) is 0 Å². The zero-order chi connectivity index (χ0) is 45.8. The molecule has 0 aliphatic rings. The number of unbranched alkanes of at least 4 members (excludes halogenated alkanes) is 18. The highest BCUT2D eigenvalue weighted by Gasteiger charge is 2.19. The first-order valence-electron chi connectivity index (χ1n) is 25.7. The van der Waals surface area contributed by atoms with Gasteiger partial charge in [-0.1, -0.05) is 221 Å². The van der Waals surface area contributed by atoms with Crippen molar-refractivity contribution in [2.24, 2.45) is 0 Å². The number of carbonyl (C=O) groups is 3. The Labute approximate surface area is 387 Å². The van der Waals surface area contributed by atoms with Crippen LogP contribution in [0.3, 0.4) is 0 Å². The lowest BCUT2D eigenvalue weighted by Crippen LogP contribution is -2.30. The maximum Gasteiger partial charge on any atom is 0.306 e. The third-order valence-corrected chi connectivity index (χ3v) is 10.6. The first-order chi connectivity index (χ1) is 31.0. The molecule has 0 aromatic heterocycles. The molecule has 0 aliphatic heterocycles. The Morgan fingerprint density at radius 1 is 0.333 bits per heavy atom. The molecule has 0 saturated carbocycles. The molecule has 0 radical (unpaired) electrons. The van der Waals surface area contributed by atoms with Gasteiger partial charge >= 0.3 is 17.9 Å². The predicted molar refractivity (Wildman–Crippen MR) is 270 cm³/mol. The SMILES string of the molecule is CC/C=C\C/C=C\C/C=C\C/C=C\C/C=C\C/C=C\C/C=C\C/C=C\CCCCCCCCCCC(=O)OCC(COC(=O)CCCCCCCC)OC(=O)CCCCCCCC. The Hall–Kier alpha value is -3.67. The lowest BCUT2D eigenvalue weighted by Gasteiger charge is -2.18. The van der Waals surface area contributed by atoms with Crippen LogP contribution in [0.5, 0.6) is 0 Å².